The molecule has 0 aliphatic rings. The Bertz CT molecular complexity index is 596. The highest BCUT2D eigenvalue weighted by atomic mass is 19.4. The van der Waals surface area contributed by atoms with Gasteiger partial charge in [0.15, 0.2) is 0 Å². The van der Waals surface area contributed by atoms with Crippen molar-refractivity contribution < 1.29 is 40.3 Å². The van der Waals surface area contributed by atoms with Crippen LogP contribution in [0.15, 0.2) is 18.2 Å². The molecule has 1 aromatic carbocycles. The van der Waals surface area contributed by atoms with Crippen molar-refractivity contribution in [3.63, 3.8) is 0 Å². The molecule has 0 atom stereocenters. The van der Waals surface area contributed by atoms with E-state index in [0.717, 1.165) is 6.07 Å². The summed E-state index contributed by atoms with van der Waals surface area (Å²) in [6.07, 6.45) is -9.66. The minimum absolute atomic E-state index is 0.234. The van der Waals surface area contributed by atoms with E-state index in [9.17, 15) is 40.3 Å². The number of amides is 2. The Kier molecular flexibility index (Phi) is 5.56. The Balaban J connectivity index is 2.67. The fourth-order valence-electron chi connectivity index (χ4n) is 1.41. The lowest BCUT2D eigenvalue weighted by Crippen LogP contribution is -2.40. The van der Waals surface area contributed by atoms with Gasteiger partial charge in [-0.15, -0.1) is 0 Å². The van der Waals surface area contributed by atoms with E-state index < -0.39 is 54.2 Å². The highest BCUT2D eigenvalue weighted by molar-refractivity contribution is 5.96. The number of carbonyl (C=O) groups excluding carboxylic acids is 2. The molecule has 11 heteroatoms. The average molecular weight is 346 g/mol. The molecule has 2 amide bonds. The predicted molar refractivity (Wildman–Crippen MR) is 62.8 cm³/mol. The molecule has 1 rings (SSSR count). The van der Waals surface area contributed by atoms with Gasteiger partial charge in [-0.05, 0) is 18.2 Å². The second kappa shape index (κ2) is 6.84. The number of rotatable bonds is 4. The zero-order valence-corrected chi connectivity index (χ0v) is 11.1. The van der Waals surface area contributed by atoms with Crippen LogP contribution in [0.1, 0.15) is 15.9 Å². The van der Waals surface area contributed by atoms with Crippen molar-refractivity contribution in [2.45, 2.75) is 12.4 Å². The van der Waals surface area contributed by atoms with Gasteiger partial charge in [-0.1, -0.05) is 0 Å². The maximum atomic E-state index is 13.0. The molecule has 0 heterocycles. The Hall–Kier alpha value is -2.33. The first kappa shape index (κ1) is 18.7. The van der Waals surface area contributed by atoms with Crippen molar-refractivity contribution in [2.24, 2.45) is 0 Å². The molecule has 2 N–H and O–H groups in total. The van der Waals surface area contributed by atoms with Gasteiger partial charge in [0.25, 0.3) is 5.91 Å². The molecule has 0 unspecified atom stereocenters. The Morgan fingerprint density at radius 3 is 2.13 bits per heavy atom. The molecule has 128 valence electrons. The Morgan fingerprint density at radius 1 is 1.00 bits per heavy atom. The van der Waals surface area contributed by atoms with E-state index in [2.05, 4.69) is 0 Å². The summed E-state index contributed by atoms with van der Waals surface area (Å²) in [6.45, 7) is -2.50. The molecular formula is C12H9F7N2O2. The smallest absolute Gasteiger partial charge is 0.345 e. The zero-order valence-electron chi connectivity index (χ0n) is 11.1. The SMILES string of the molecule is O=C(CNC(=O)c1ccc(F)c(C(F)(F)F)c1)NCC(F)(F)F. The maximum Gasteiger partial charge on any atom is 0.419 e. The summed E-state index contributed by atoms with van der Waals surface area (Å²) in [6, 6.07) is 1.40. The first-order chi connectivity index (χ1) is 10.4. The lowest BCUT2D eigenvalue weighted by molar-refractivity contribution is -0.140. The third kappa shape index (κ3) is 6.12. The molecular weight excluding hydrogens is 337 g/mol. The van der Waals surface area contributed by atoms with Gasteiger partial charge >= 0.3 is 12.4 Å². The molecule has 0 aliphatic carbocycles. The molecule has 0 bridgehead atoms. The number of benzene rings is 1. The van der Waals surface area contributed by atoms with Gasteiger partial charge in [0.05, 0.1) is 12.1 Å². The normalized spacial score (nSPS) is 12.0. The zero-order chi connectivity index (χ0) is 17.8. The monoisotopic (exact) mass is 346 g/mol. The summed E-state index contributed by atoms with van der Waals surface area (Å²) in [4.78, 5) is 22.6. The molecule has 23 heavy (non-hydrogen) atoms. The number of halogens is 7. The lowest BCUT2D eigenvalue weighted by atomic mass is 10.1. The van der Waals surface area contributed by atoms with E-state index in [0.29, 0.717) is 6.07 Å². The summed E-state index contributed by atoms with van der Waals surface area (Å²) in [7, 11) is 0. The topological polar surface area (TPSA) is 58.2 Å². The van der Waals surface area contributed by atoms with Crippen LogP contribution >= 0.6 is 0 Å². The van der Waals surface area contributed by atoms with Crippen LogP contribution in [0.4, 0.5) is 30.7 Å². The van der Waals surface area contributed by atoms with Crippen molar-refractivity contribution in [3.05, 3.63) is 35.1 Å². The van der Waals surface area contributed by atoms with Crippen LogP contribution in [0.5, 0.6) is 0 Å². The van der Waals surface area contributed by atoms with Crippen molar-refractivity contribution in [2.75, 3.05) is 13.1 Å². The minimum atomic E-state index is -5.02. The molecule has 0 saturated heterocycles. The average Bonchev–Trinajstić information content (AvgIpc) is 2.41. The summed E-state index contributed by atoms with van der Waals surface area (Å²) >= 11 is 0. The van der Waals surface area contributed by atoms with Crippen LogP contribution in [0, 0.1) is 5.82 Å². The van der Waals surface area contributed by atoms with Gasteiger partial charge in [0.1, 0.15) is 12.4 Å². The van der Waals surface area contributed by atoms with Crippen molar-refractivity contribution in [1.82, 2.24) is 10.6 Å². The van der Waals surface area contributed by atoms with Crippen LogP contribution in [-0.4, -0.2) is 31.1 Å². The van der Waals surface area contributed by atoms with Gasteiger partial charge in [-0.2, -0.15) is 26.3 Å². The van der Waals surface area contributed by atoms with Crippen LogP contribution in [0.2, 0.25) is 0 Å². The maximum absolute atomic E-state index is 13.0. The highest BCUT2D eigenvalue weighted by Gasteiger charge is 2.34. The molecule has 0 aliphatic heterocycles. The van der Waals surface area contributed by atoms with Gasteiger partial charge in [-0.3, -0.25) is 9.59 Å². The summed E-state index contributed by atoms with van der Waals surface area (Å²) in [5.41, 5.74) is -2.27. The quantitative estimate of drug-likeness (QED) is 0.822. The van der Waals surface area contributed by atoms with E-state index in [1.807, 2.05) is 5.32 Å². The summed E-state index contributed by atoms with van der Waals surface area (Å²) < 4.78 is 85.9. The molecule has 0 radical (unpaired) electrons. The van der Waals surface area contributed by atoms with E-state index in [-0.39, 0.29) is 6.07 Å². The second-order valence-corrected chi connectivity index (χ2v) is 4.27. The summed E-state index contributed by atoms with van der Waals surface area (Å²) in [5, 5.41) is 3.28. The van der Waals surface area contributed by atoms with Crippen molar-refractivity contribution in [3.8, 4) is 0 Å². The highest BCUT2D eigenvalue weighted by Crippen LogP contribution is 2.31. The lowest BCUT2D eigenvalue weighted by Gasteiger charge is -2.11. The van der Waals surface area contributed by atoms with E-state index >= 15 is 0 Å². The molecule has 1 aromatic rings. The first-order valence-corrected chi connectivity index (χ1v) is 5.88. The van der Waals surface area contributed by atoms with Crippen LogP contribution in [0.25, 0.3) is 0 Å². The van der Waals surface area contributed by atoms with Crippen LogP contribution in [-0.2, 0) is 11.0 Å². The van der Waals surface area contributed by atoms with E-state index in [1.54, 1.807) is 0 Å². The number of alkyl halides is 6. The van der Waals surface area contributed by atoms with Crippen LogP contribution in [0.3, 0.4) is 0 Å². The van der Waals surface area contributed by atoms with Crippen molar-refractivity contribution in [1.29, 1.82) is 0 Å². The Labute approximate surface area is 124 Å². The number of hydrogen-bond donors (Lipinski definition) is 2. The Morgan fingerprint density at radius 2 is 1.61 bits per heavy atom. The fourth-order valence-corrected chi connectivity index (χ4v) is 1.41. The third-order valence-corrected chi connectivity index (χ3v) is 2.43. The fraction of sp³-hybridized carbons (Fsp3) is 0.333. The van der Waals surface area contributed by atoms with Gasteiger partial charge in [0.2, 0.25) is 5.91 Å². The third-order valence-electron chi connectivity index (χ3n) is 2.43. The second-order valence-electron chi connectivity index (χ2n) is 4.27. The molecule has 0 spiro atoms. The molecule has 0 aromatic heterocycles. The van der Waals surface area contributed by atoms with Gasteiger partial charge in [0, 0.05) is 5.56 Å². The van der Waals surface area contributed by atoms with Crippen LogP contribution < -0.4 is 10.6 Å². The standard InChI is InChI=1S/C12H9F7N2O2/c13-8-2-1-6(3-7(8)12(17,18)19)10(23)20-4-9(22)21-5-11(14,15)16/h1-3H,4-5H2,(H,20,23)(H,21,22). The van der Waals surface area contributed by atoms with Gasteiger partial charge < -0.3 is 10.6 Å². The van der Waals surface area contributed by atoms with E-state index in [4.69, 9.17) is 0 Å². The van der Waals surface area contributed by atoms with Gasteiger partial charge in [-0.25, -0.2) is 4.39 Å². The number of carbonyl (C=O) groups is 2. The molecule has 0 saturated carbocycles. The number of hydrogen-bond acceptors (Lipinski definition) is 2. The number of nitrogens with one attached hydrogen (secondary N) is 2. The largest absolute Gasteiger partial charge is 0.419 e. The summed E-state index contributed by atoms with van der Waals surface area (Å²) in [5.74, 6) is -3.94. The first-order valence-electron chi connectivity index (χ1n) is 5.88. The molecule has 0 fully saturated rings. The predicted octanol–water partition coefficient (Wildman–Crippen LogP) is 2.25. The van der Waals surface area contributed by atoms with Crippen molar-refractivity contribution >= 4 is 11.8 Å². The molecule has 4 nitrogen and oxygen atoms in total. The van der Waals surface area contributed by atoms with E-state index in [1.165, 1.54) is 5.32 Å². The minimum Gasteiger partial charge on any atom is -0.345 e.